The molecule has 2 aliphatic rings. The predicted octanol–water partition coefficient (Wildman–Crippen LogP) is 2.70. The molecule has 0 saturated carbocycles. The van der Waals surface area contributed by atoms with E-state index in [9.17, 15) is 4.79 Å². The first kappa shape index (κ1) is 14.9. The zero-order valence-electron chi connectivity index (χ0n) is 14.1. The van der Waals surface area contributed by atoms with Crippen LogP contribution < -0.4 is 15.3 Å². The van der Waals surface area contributed by atoms with E-state index in [1.165, 1.54) is 5.57 Å². The Kier molecular flexibility index (Phi) is 3.21. The van der Waals surface area contributed by atoms with Gasteiger partial charge in [-0.3, -0.25) is 14.8 Å². The Bertz CT molecular complexity index is 842. The van der Waals surface area contributed by atoms with Crippen LogP contribution in [0.1, 0.15) is 25.0 Å². The van der Waals surface area contributed by atoms with Gasteiger partial charge in [0.1, 0.15) is 0 Å². The van der Waals surface area contributed by atoms with Crippen molar-refractivity contribution >= 4 is 22.9 Å². The van der Waals surface area contributed by atoms with Gasteiger partial charge >= 0.3 is 0 Å². The van der Waals surface area contributed by atoms with Crippen molar-refractivity contribution in [2.45, 2.75) is 19.3 Å². The second-order valence-electron chi connectivity index (χ2n) is 6.79. The molecule has 0 aliphatic carbocycles. The Morgan fingerprint density at radius 3 is 2.67 bits per heavy atom. The minimum atomic E-state index is -0.459. The number of carbonyl (C=O) groups is 1. The largest absolute Gasteiger partial charge is 0.314 e. The third-order valence-electron chi connectivity index (χ3n) is 4.91. The molecule has 0 saturated heterocycles. The maximum absolute atomic E-state index is 12.4. The lowest BCUT2D eigenvalue weighted by Crippen LogP contribution is -2.33. The number of carbonyl (C=O) groups excluding carboxylic acids is 1. The molecule has 0 radical (unpaired) electrons. The van der Waals surface area contributed by atoms with Gasteiger partial charge in [-0.05, 0) is 54.8 Å². The maximum Gasteiger partial charge on any atom is 0.236 e. The molecule has 0 unspecified atom stereocenters. The van der Waals surface area contributed by atoms with Gasteiger partial charge < -0.3 is 4.90 Å². The number of nitrogens with one attached hydrogen (secondary N) is 1. The average Bonchev–Trinajstić information content (AvgIpc) is 3.16. The highest BCUT2D eigenvalue weighted by Crippen LogP contribution is 2.42. The first-order valence-corrected chi connectivity index (χ1v) is 8.05. The summed E-state index contributed by atoms with van der Waals surface area (Å²) in [5.41, 5.74) is 8.37. The topological polar surface area (TPSA) is 48.5 Å². The van der Waals surface area contributed by atoms with Crippen molar-refractivity contribution in [3.63, 3.8) is 0 Å². The number of nitrogens with zero attached hydrogens (tertiary/aromatic N) is 3. The molecule has 0 spiro atoms. The summed E-state index contributed by atoms with van der Waals surface area (Å²) in [4.78, 5) is 18.2. The number of hydrogen-bond acceptors (Lipinski definition) is 4. The molecule has 1 aromatic carbocycles. The van der Waals surface area contributed by atoms with Crippen LogP contribution in [0.3, 0.4) is 0 Å². The van der Waals surface area contributed by atoms with E-state index in [2.05, 4.69) is 34.8 Å². The zero-order valence-corrected chi connectivity index (χ0v) is 14.1. The highest BCUT2D eigenvalue weighted by molar-refractivity contribution is 6.07. The number of hydrazine groups is 1. The predicted molar refractivity (Wildman–Crippen MR) is 95.6 cm³/mol. The summed E-state index contributed by atoms with van der Waals surface area (Å²) in [6, 6.07) is 10.2. The standard InChI is InChI=1S/C19H20N4O/c1-19(2)16-5-4-15(10-17(16)22(3)18(19)24)23-12-14(11-21-23)13-6-8-20-9-7-13/h4-10,12,21H,11H2,1-3H3. The summed E-state index contributed by atoms with van der Waals surface area (Å²) in [6.07, 6.45) is 5.70. The van der Waals surface area contributed by atoms with E-state index in [0.717, 1.165) is 29.0 Å². The summed E-state index contributed by atoms with van der Waals surface area (Å²) in [6.45, 7) is 4.72. The maximum atomic E-state index is 12.4. The minimum absolute atomic E-state index is 0.136. The van der Waals surface area contributed by atoms with Crippen molar-refractivity contribution in [2.24, 2.45) is 0 Å². The summed E-state index contributed by atoms with van der Waals surface area (Å²) in [5, 5.41) is 2.01. The monoisotopic (exact) mass is 320 g/mol. The SMILES string of the molecule is CN1C(=O)C(C)(C)c2ccc(N3C=C(c4ccncc4)CN3)cc21. The van der Waals surface area contributed by atoms with Crippen LogP contribution in [-0.4, -0.2) is 24.5 Å². The number of likely N-dealkylation sites (N-methyl/N-ethyl adjacent to an activating group) is 1. The molecular weight excluding hydrogens is 300 g/mol. The second kappa shape index (κ2) is 5.18. The molecule has 0 fully saturated rings. The van der Waals surface area contributed by atoms with Crippen molar-refractivity contribution in [3.05, 3.63) is 60.1 Å². The molecule has 1 amide bonds. The van der Waals surface area contributed by atoms with Crippen LogP contribution >= 0.6 is 0 Å². The summed E-state index contributed by atoms with van der Waals surface area (Å²) in [7, 11) is 1.84. The van der Waals surface area contributed by atoms with Gasteiger partial charge in [0.05, 0.1) is 11.1 Å². The molecule has 122 valence electrons. The van der Waals surface area contributed by atoms with E-state index in [1.54, 1.807) is 17.3 Å². The summed E-state index contributed by atoms with van der Waals surface area (Å²) < 4.78 is 0. The number of anilines is 2. The smallest absolute Gasteiger partial charge is 0.236 e. The van der Waals surface area contributed by atoms with Gasteiger partial charge in [0.25, 0.3) is 0 Å². The third kappa shape index (κ3) is 2.12. The Morgan fingerprint density at radius 1 is 1.17 bits per heavy atom. The van der Waals surface area contributed by atoms with E-state index < -0.39 is 5.41 Å². The Morgan fingerprint density at radius 2 is 1.92 bits per heavy atom. The number of amides is 1. The first-order valence-electron chi connectivity index (χ1n) is 8.05. The Balaban J connectivity index is 1.68. The third-order valence-corrected chi connectivity index (χ3v) is 4.91. The van der Waals surface area contributed by atoms with Gasteiger partial charge in [0.15, 0.2) is 0 Å². The van der Waals surface area contributed by atoms with E-state index in [0.29, 0.717) is 0 Å². The van der Waals surface area contributed by atoms with E-state index in [4.69, 9.17) is 0 Å². The Hall–Kier alpha value is -2.66. The first-order chi connectivity index (χ1) is 11.5. The fourth-order valence-corrected chi connectivity index (χ4v) is 3.45. The number of benzene rings is 1. The van der Waals surface area contributed by atoms with Crippen molar-refractivity contribution in [1.82, 2.24) is 10.4 Å². The quantitative estimate of drug-likeness (QED) is 0.924. The van der Waals surface area contributed by atoms with Crippen LogP contribution in [0.25, 0.3) is 5.57 Å². The molecule has 1 aromatic heterocycles. The van der Waals surface area contributed by atoms with Crippen LogP contribution in [0.2, 0.25) is 0 Å². The minimum Gasteiger partial charge on any atom is -0.314 e. The van der Waals surface area contributed by atoms with Crippen LogP contribution in [0.5, 0.6) is 0 Å². The fraction of sp³-hybridized carbons (Fsp3) is 0.263. The molecule has 0 atom stereocenters. The molecule has 2 aromatic rings. The van der Waals surface area contributed by atoms with Crippen LogP contribution in [0, 0.1) is 0 Å². The van der Waals surface area contributed by atoms with Gasteiger partial charge in [-0.2, -0.15) is 0 Å². The summed E-state index contributed by atoms with van der Waals surface area (Å²) >= 11 is 0. The average molecular weight is 320 g/mol. The number of rotatable bonds is 2. The highest BCUT2D eigenvalue weighted by atomic mass is 16.2. The van der Waals surface area contributed by atoms with E-state index in [1.807, 2.05) is 38.0 Å². The molecule has 24 heavy (non-hydrogen) atoms. The normalized spacial score (nSPS) is 18.8. The van der Waals surface area contributed by atoms with Gasteiger partial charge in [0.2, 0.25) is 5.91 Å². The van der Waals surface area contributed by atoms with Crippen molar-refractivity contribution < 1.29 is 4.79 Å². The molecule has 5 heteroatoms. The number of hydrogen-bond donors (Lipinski definition) is 1. The van der Waals surface area contributed by atoms with Crippen molar-refractivity contribution in [3.8, 4) is 0 Å². The van der Waals surface area contributed by atoms with Gasteiger partial charge in [0, 0.05) is 37.9 Å². The molecule has 1 N–H and O–H groups in total. The molecule has 3 heterocycles. The van der Waals surface area contributed by atoms with Gasteiger partial charge in [-0.15, -0.1) is 0 Å². The van der Waals surface area contributed by atoms with Gasteiger partial charge in [-0.1, -0.05) is 6.07 Å². The van der Waals surface area contributed by atoms with Crippen molar-refractivity contribution in [2.75, 3.05) is 23.5 Å². The fourth-order valence-electron chi connectivity index (χ4n) is 3.45. The zero-order chi connectivity index (χ0) is 16.9. The lowest BCUT2D eigenvalue weighted by molar-refractivity contribution is -0.121. The van der Waals surface area contributed by atoms with Gasteiger partial charge in [-0.25, -0.2) is 5.43 Å². The van der Waals surface area contributed by atoms with Crippen molar-refractivity contribution in [1.29, 1.82) is 0 Å². The molecule has 5 nitrogen and oxygen atoms in total. The number of aromatic nitrogens is 1. The van der Waals surface area contributed by atoms with E-state index >= 15 is 0 Å². The number of pyridine rings is 1. The molecular formula is C19H20N4O. The van der Waals surface area contributed by atoms with E-state index in [-0.39, 0.29) is 5.91 Å². The summed E-state index contributed by atoms with van der Waals surface area (Å²) in [5.74, 6) is 0.136. The molecule has 2 aliphatic heterocycles. The lowest BCUT2D eigenvalue weighted by atomic mass is 9.86. The lowest BCUT2D eigenvalue weighted by Gasteiger charge is -2.19. The van der Waals surface area contributed by atoms with Crippen LogP contribution in [0.15, 0.2) is 48.9 Å². The second-order valence-corrected chi connectivity index (χ2v) is 6.79. The highest BCUT2D eigenvalue weighted by Gasteiger charge is 2.42. The Labute approximate surface area is 141 Å². The number of fused-ring (bicyclic) bond motifs is 1. The van der Waals surface area contributed by atoms with Crippen LogP contribution in [-0.2, 0) is 10.2 Å². The molecule has 4 rings (SSSR count). The molecule has 0 bridgehead atoms. The van der Waals surface area contributed by atoms with Crippen LogP contribution in [0.4, 0.5) is 11.4 Å².